The molecular weight excluding hydrogens is 348 g/mol. The second-order valence-corrected chi connectivity index (χ2v) is 7.27. The first-order chi connectivity index (χ1) is 12.7. The summed E-state index contributed by atoms with van der Waals surface area (Å²) < 4.78 is 0.994. The number of nitrogens with one attached hydrogen (secondary N) is 1. The van der Waals surface area contributed by atoms with Crippen LogP contribution in [0.15, 0.2) is 48.2 Å². The molecule has 1 aliphatic rings. The van der Waals surface area contributed by atoms with Crippen LogP contribution in [0, 0.1) is 0 Å². The van der Waals surface area contributed by atoms with E-state index in [9.17, 15) is 9.59 Å². The molecule has 0 unspecified atom stereocenters. The van der Waals surface area contributed by atoms with Gasteiger partial charge in [-0.25, -0.2) is 4.98 Å². The van der Waals surface area contributed by atoms with Crippen LogP contribution in [-0.4, -0.2) is 39.3 Å². The molecule has 1 saturated heterocycles. The molecule has 0 bridgehead atoms. The van der Waals surface area contributed by atoms with Gasteiger partial charge in [-0.2, -0.15) is 0 Å². The van der Waals surface area contributed by atoms with Crippen LogP contribution in [0.2, 0.25) is 0 Å². The highest BCUT2D eigenvalue weighted by atomic mass is 32.1. The van der Waals surface area contributed by atoms with Crippen LogP contribution in [0.1, 0.15) is 28.8 Å². The van der Waals surface area contributed by atoms with Crippen molar-refractivity contribution in [3.05, 3.63) is 59.4 Å². The van der Waals surface area contributed by atoms with Gasteiger partial charge in [0.05, 0.1) is 15.7 Å². The normalized spacial score (nSPS) is 16.6. The summed E-state index contributed by atoms with van der Waals surface area (Å²) in [6.07, 6.45) is 4.72. The molecule has 1 atom stereocenters. The third-order valence-electron chi connectivity index (χ3n) is 4.51. The predicted molar refractivity (Wildman–Crippen MR) is 99.8 cm³/mol. The highest BCUT2D eigenvalue weighted by molar-refractivity contribution is 7.16. The maximum atomic E-state index is 13.2. The van der Waals surface area contributed by atoms with Crippen LogP contribution in [0.3, 0.4) is 0 Å². The van der Waals surface area contributed by atoms with Crippen LogP contribution in [0.4, 0.5) is 0 Å². The van der Waals surface area contributed by atoms with Crippen molar-refractivity contribution in [2.75, 3.05) is 6.54 Å². The Morgan fingerprint density at radius 1 is 1.27 bits per heavy atom. The number of benzene rings is 1. The van der Waals surface area contributed by atoms with Crippen molar-refractivity contribution in [2.24, 2.45) is 0 Å². The molecule has 1 aliphatic heterocycles. The van der Waals surface area contributed by atoms with E-state index in [2.05, 4.69) is 15.3 Å². The average Bonchev–Trinajstić information content (AvgIpc) is 3.29. The molecule has 0 radical (unpaired) electrons. The summed E-state index contributed by atoms with van der Waals surface area (Å²) in [5.41, 5.74) is 4.33. The lowest BCUT2D eigenvalue weighted by atomic mass is 10.1. The van der Waals surface area contributed by atoms with Gasteiger partial charge in [-0.1, -0.05) is 0 Å². The summed E-state index contributed by atoms with van der Waals surface area (Å²) in [6, 6.07) is 9.39. The van der Waals surface area contributed by atoms with E-state index in [1.807, 2.05) is 30.3 Å². The molecule has 0 saturated carbocycles. The fourth-order valence-electron chi connectivity index (χ4n) is 3.18. The molecule has 0 spiro atoms. The molecule has 1 N–H and O–H groups in total. The Morgan fingerprint density at radius 2 is 2.12 bits per heavy atom. The maximum absolute atomic E-state index is 13.2. The van der Waals surface area contributed by atoms with Crippen LogP contribution < -0.4 is 5.32 Å². The van der Waals surface area contributed by atoms with E-state index in [1.165, 1.54) is 11.3 Å². The minimum Gasteiger partial charge on any atom is -0.352 e. The quantitative estimate of drug-likeness (QED) is 0.753. The van der Waals surface area contributed by atoms with Gasteiger partial charge < -0.3 is 10.2 Å². The number of amides is 2. The number of aromatic nitrogens is 2. The van der Waals surface area contributed by atoms with E-state index in [0.717, 1.165) is 22.2 Å². The first kappa shape index (κ1) is 16.7. The third-order valence-corrected chi connectivity index (χ3v) is 5.31. The molecule has 0 aliphatic carbocycles. The molecule has 4 rings (SSSR count). The fraction of sp³-hybridized carbons (Fsp3) is 0.263. The Bertz CT molecular complexity index is 941. The average molecular weight is 366 g/mol. The number of nitrogens with zero attached hydrogens (tertiary/aromatic N) is 3. The fourth-order valence-corrected chi connectivity index (χ4v) is 3.90. The van der Waals surface area contributed by atoms with Gasteiger partial charge in [0, 0.05) is 43.5 Å². The summed E-state index contributed by atoms with van der Waals surface area (Å²) in [4.78, 5) is 34.8. The van der Waals surface area contributed by atoms with Crippen molar-refractivity contribution in [1.82, 2.24) is 20.2 Å². The van der Waals surface area contributed by atoms with Gasteiger partial charge in [0.1, 0.15) is 0 Å². The molecule has 26 heavy (non-hydrogen) atoms. The zero-order chi connectivity index (χ0) is 17.9. The molecule has 2 amide bonds. The standard InChI is InChI=1S/C19H18N4O2S/c24-18-4-2-15(22-18)11-23(10-13-5-7-20-8-6-13)19(25)14-1-3-16-17(9-14)26-12-21-16/h1,3,5-9,12,15H,2,4,10-11H2,(H,22,24)/t15-/m0/s1. The van der Waals surface area contributed by atoms with E-state index in [4.69, 9.17) is 0 Å². The minimum absolute atomic E-state index is 0.000391. The topological polar surface area (TPSA) is 75.2 Å². The number of carbonyl (C=O) groups is 2. The van der Waals surface area contributed by atoms with E-state index in [-0.39, 0.29) is 17.9 Å². The van der Waals surface area contributed by atoms with Gasteiger partial charge in [0.15, 0.2) is 0 Å². The molecule has 1 fully saturated rings. The zero-order valence-corrected chi connectivity index (χ0v) is 14.9. The lowest BCUT2D eigenvalue weighted by Gasteiger charge is -2.26. The number of carbonyl (C=O) groups excluding carboxylic acids is 2. The largest absolute Gasteiger partial charge is 0.352 e. The second kappa shape index (κ2) is 7.21. The van der Waals surface area contributed by atoms with Gasteiger partial charge in [0.25, 0.3) is 5.91 Å². The number of fused-ring (bicyclic) bond motifs is 1. The second-order valence-electron chi connectivity index (χ2n) is 6.38. The Kier molecular flexibility index (Phi) is 4.62. The highest BCUT2D eigenvalue weighted by Crippen LogP contribution is 2.21. The predicted octanol–water partition coefficient (Wildman–Crippen LogP) is 2.61. The molecule has 1 aromatic carbocycles. The molecule has 132 valence electrons. The van der Waals surface area contributed by atoms with Crippen LogP contribution in [0.25, 0.3) is 10.2 Å². The van der Waals surface area contributed by atoms with E-state index >= 15 is 0 Å². The SMILES string of the molecule is O=C1CC[C@@H](CN(Cc2ccncc2)C(=O)c2ccc3ncsc3c2)N1. The number of hydrogen-bond donors (Lipinski definition) is 1. The van der Waals surface area contributed by atoms with Crippen molar-refractivity contribution in [1.29, 1.82) is 0 Å². The maximum Gasteiger partial charge on any atom is 0.254 e. The molecule has 2 aromatic heterocycles. The number of hydrogen-bond acceptors (Lipinski definition) is 5. The van der Waals surface area contributed by atoms with E-state index in [0.29, 0.717) is 25.1 Å². The Morgan fingerprint density at radius 3 is 2.88 bits per heavy atom. The van der Waals surface area contributed by atoms with Crippen LogP contribution >= 0.6 is 11.3 Å². The summed E-state index contributed by atoms with van der Waals surface area (Å²) in [7, 11) is 0. The van der Waals surface area contributed by atoms with Crippen molar-refractivity contribution in [3.63, 3.8) is 0 Å². The molecule has 3 heterocycles. The molecule has 7 heteroatoms. The summed E-state index contributed by atoms with van der Waals surface area (Å²) in [6.45, 7) is 0.974. The molecule has 3 aromatic rings. The number of thiazole rings is 1. The summed E-state index contributed by atoms with van der Waals surface area (Å²) >= 11 is 1.52. The van der Waals surface area contributed by atoms with Crippen molar-refractivity contribution >= 4 is 33.4 Å². The minimum atomic E-state index is -0.0433. The van der Waals surface area contributed by atoms with Gasteiger partial charge in [-0.3, -0.25) is 14.6 Å². The van der Waals surface area contributed by atoms with Crippen molar-refractivity contribution in [2.45, 2.75) is 25.4 Å². The Balaban J connectivity index is 1.59. The lowest BCUT2D eigenvalue weighted by molar-refractivity contribution is -0.119. The van der Waals surface area contributed by atoms with Crippen molar-refractivity contribution < 1.29 is 9.59 Å². The monoisotopic (exact) mass is 366 g/mol. The first-order valence-corrected chi connectivity index (χ1v) is 9.38. The zero-order valence-electron chi connectivity index (χ0n) is 14.1. The van der Waals surface area contributed by atoms with Crippen molar-refractivity contribution in [3.8, 4) is 0 Å². The van der Waals surface area contributed by atoms with Gasteiger partial charge in [-0.15, -0.1) is 11.3 Å². The highest BCUT2D eigenvalue weighted by Gasteiger charge is 2.26. The first-order valence-electron chi connectivity index (χ1n) is 8.50. The Labute approximate surface area is 154 Å². The Hall–Kier alpha value is -2.80. The van der Waals surface area contributed by atoms with Crippen LogP contribution in [0.5, 0.6) is 0 Å². The van der Waals surface area contributed by atoms with Gasteiger partial charge >= 0.3 is 0 Å². The number of pyridine rings is 1. The molecular formula is C19H18N4O2S. The van der Waals surface area contributed by atoms with Crippen LogP contribution in [-0.2, 0) is 11.3 Å². The summed E-state index contributed by atoms with van der Waals surface area (Å²) in [5.74, 6) is 0.00986. The molecule has 6 nitrogen and oxygen atoms in total. The number of rotatable bonds is 5. The lowest BCUT2D eigenvalue weighted by Crippen LogP contribution is -2.41. The van der Waals surface area contributed by atoms with Gasteiger partial charge in [0.2, 0.25) is 5.91 Å². The van der Waals surface area contributed by atoms with Gasteiger partial charge in [-0.05, 0) is 42.3 Å². The smallest absolute Gasteiger partial charge is 0.254 e. The summed E-state index contributed by atoms with van der Waals surface area (Å²) in [5, 5.41) is 2.95. The third kappa shape index (κ3) is 3.57. The van der Waals surface area contributed by atoms with E-state index < -0.39 is 0 Å². The van der Waals surface area contributed by atoms with E-state index in [1.54, 1.807) is 22.8 Å².